The Balaban J connectivity index is 1.51. The van der Waals surface area contributed by atoms with Gasteiger partial charge in [0, 0.05) is 30.7 Å². The van der Waals surface area contributed by atoms with Crippen molar-refractivity contribution in [2.24, 2.45) is 11.3 Å². The Bertz CT molecular complexity index is 1210. The van der Waals surface area contributed by atoms with Crippen molar-refractivity contribution in [2.75, 3.05) is 19.7 Å². The van der Waals surface area contributed by atoms with Gasteiger partial charge in [-0.05, 0) is 108 Å². The Hall–Kier alpha value is -2.85. The third-order valence-corrected chi connectivity index (χ3v) is 10.7. The number of phenols is 1. The second-order valence-electron chi connectivity index (χ2n) is 13.9. The number of piperidine rings is 2. The number of carbonyl (C=O) groups is 3. The molecule has 10 nitrogen and oxygen atoms in total. The van der Waals surface area contributed by atoms with E-state index in [0.29, 0.717) is 63.7 Å². The number of rotatable bonds is 12. The van der Waals surface area contributed by atoms with Gasteiger partial charge in [0.25, 0.3) is 0 Å². The fourth-order valence-corrected chi connectivity index (χ4v) is 8.33. The minimum atomic E-state index is -1.03. The van der Waals surface area contributed by atoms with Gasteiger partial charge in [-0.3, -0.25) is 9.59 Å². The summed E-state index contributed by atoms with van der Waals surface area (Å²) in [5, 5.41) is 27.0. The molecule has 4 aliphatic rings. The number of aliphatic hydroxyl groups excluding tert-OH is 1. The Morgan fingerprint density at radius 1 is 1.07 bits per heavy atom. The van der Waals surface area contributed by atoms with Gasteiger partial charge in [-0.1, -0.05) is 18.9 Å². The molecule has 5 rings (SSSR count). The summed E-state index contributed by atoms with van der Waals surface area (Å²) in [6.45, 7) is 5.20. The highest BCUT2D eigenvalue weighted by Gasteiger charge is 2.54. The summed E-state index contributed by atoms with van der Waals surface area (Å²) in [4.78, 5) is 39.5. The van der Waals surface area contributed by atoms with Crippen LogP contribution in [0.4, 0.5) is 0 Å². The quantitative estimate of drug-likeness (QED) is 0.250. The van der Waals surface area contributed by atoms with Crippen LogP contribution < -0.4 is 15.4 Å². The monoisotopic (exact) mass is 628 g/mol. The summed E-state index contributed by atoms with van der Waals surface area (Å²) in [6.07, 6.45) is 8.72. The minimum Gasteiger partial charge on any atom is -0.504 e. The van der Waals surface area contributed by atoms with Crippen molar-refractivity contribution in [2.45, 2.75) is 134 Å². The number of esters is 2. The predicted molar refractivity (Wildman–Crippen MR) is 168 cm³/mol. The number of amides is 1. The van der Waals surface area contributed by atoms with Gasteiger partial charge < -0.3 is 35.1 Å². The second kappa shape index (κ2) is 14.7. The number of aromatic hydroxyl groups is 1. The summed E-state index contributed by atoms with van der Waals surface area (Å²) in [6, 6.07) is 3.66. The average Bonchev–Trinajstić information content (AvgIpc) is 3.02. The Morgan fingerprint density at radius 2 is 1.87 bits per heavy atom. The highest BCUT2D eigenvalue weighted by Crippen LogP contribution is 2.47. The molecule has 0 unspecified atom stereocenters. The molecule has 4 N–H and O–H groups in total. The van der Waals surface area contributed by atoms with Gasteiger partial charge in [-0.2, -0.15) is 0 Å². The van der Waals surface area contributed by atoms with Crippen LogP contribution in [0.2, 0.25) is 0 Å². The normalized spacial score (nSPS) is 26.2. The molecule has 0 radical (unpaired) electrons. The summed E-state index contributed by atoms with van der Waals surface area (Å²) in [5.74, 6) is -0.149. The molecule has 3 fully saturated rings. The molecule has 0 bridgehead atoms. The highest BCUT2D eigenvalue weighted by molar-refractivity contribution is 5.90. The van der Waals surface area contributed by atoms with Gasteiger partial charge in [-0.25, -0.2) is 4.79 Å². The van der Waals surface area contributed by atoms with Crippen LogP contribution in [0.3, 0.4) is 0 Å². The molecule has 45 heavy (non-hydrogen) atoms. The van der Waals surface area contributed by atoms with E-state index in [2.05, 4.69) is 10.6 Å². The average molecular weight is 629 g/mol. The lowest BCUT2D eigenvalue weighted by molar-refractivity contribution is -0.178. The number of carbonyl (C=O) groups excluding carboxylic acids is 3. The van der Waals surface area contributed by atoms with E-state index in [1.165, 1.54) is 6.92 Å². The fraction of sp³-hybridized carbons (Fsp3) is 0.743. The van der Waals surface area contributed by atoms with E-state index in [9.17, 15) is 24.6 Å². The molecular formula is C35H52N2O8. The van der Waals surface area contributed by atoms with Crippen molar-refractivity contribution < 1.29 is 38.8 Å². The predicted octanol–water partition coefficient (Wildman–Crippen LogP) is 4.25. The Kier molecular flexibility index (Phi) is 11.0. The first-order valence-electron chi connectivity index (χ1n) is 17.2. The van der Waals surface area contributed by atoms with E-state index < -0.39 is 35.2 Å². The lowest BCUT2D eigenvalue weighted by Gasteiger charge is -2.49. The van der Waals surface area contributed by atoms with Crippen molar-refractivity contribution >= 4 is 17.8 Å². The Morgan fingerprint density at radius 3 is 2.62 bits per heavy atom. The van der Waals surface area contributed by atoms with Gasteiger partial charge in [0.1, 0.15) is 17.7 Å². The van der Waals surface area contributed by atoms with Crippen LogP contribution in [0.25, 0.3) is 0 Å². The number of fused-ring (bicyclic) bond motifs is 2. The molecule has 1 aromatic rings. The van der Waals surface area contributed by atoms with Crippen LogP contribution in [0.5, 0.6) is 11.5 Å². The first kappa shape index (κ1) is 33.5. The number of hydrogen-bond donors (Lipinski definition) is 4. The van der Waals surface area contributed by atoms with E-state index in [4.69, 9.17) is 14.2 Å². The van der Waals surface area contributed by atoms with Gasteiger partial charge in [0.2, 0.25) is 5.91 Å². The number of ether oxygens (including phenoxy) is 3. The standard InChI is InChI=1S/C35H52N2O8/c1-23(38)7-5-9-27(44-24(2)39)21-30(45-33(42)35-15-4-3-8-26(35)12-14-31(41)37-35)34(16-18-36-19-17-34)22-25-11-13-29(40)32-28(25)10-6-20-43-32/h11,13,23,26-27,30,36,38,40H,3-10,12,14-22H2,1-2H3,(H,37,41)/t23-,26+,27+,30+,35+/m0/s1. The largest absolute Gasteiger partial charge is 0.504 e. The molecular weight excluding hydrogens is 576 g/mol. The minimum absolute atomic E-state index is 0.0395. The van der Waals surface area contributed by atoms with Crippen LogP contribution >= 0.6 is 0 Å². The molecule has 1 amide bonds. The number of nitrogens with one attached hydrogen (secondary N) is 2. The maximum atomic E-state index is 14.5. The van der Waals surface area contributed by atoms with E-state index in [1.807, 2.05) is 6.07 Å². The van der Waals surface area contributed by atoms with Crippen molar-refractivity contribution in [3.8, 4) is 11.5 Å². The maximum absolute atomic E-state index is 14.5. The molecule has 250 valence electrons. The molecule has 2 saturated heterocycles. The van der Waals surface area contributed by atoms with Crippen LogP contribution in [0.1, 0.15) is 108 Å². The molecule has 10 heteroatoms. The molecule has 0 aromatic heterocycles. The lowest BCUT2D eigenvalue weighted by atomic mass is 9.66. The lowest BCUT2D eigenvalue weighted by Crippen LogP contribution is -2.65. The van der Waals surface area contributed by atoms with E-state index in [0.717, 1.165) is 69.2 Å². The number of benzene rings is 1. The van der Waals surface area contributed by atoms with Crippen LogP contribution in [-0.4, -0.2) is 71.6 Å². The SMILES string of the molecule is CC(=O)O[C@H](CCC[C@H](C)O)C[C@@H](OC(=O)[C@@]12CCCC[C@@H]1CCC(=O)N2)C1(Cc2ccc(O)c3c2CCCO3)CCNCC1. The molecule has 3 heterocycles. The zero-order chi connectivity index (χ0) is 32.0. The van der Waals surface area contributed by atoms with E-state index in [1.54, 1.807) is 13.0 Å². The van der Waals surface area contributed by atoms with Gasteiger partial charge in [0.05, 0.1) is 12.7 Å². The second-order valence-corrected chi connectivity index (χ2v) is 13.9. The first-order chi connectivity index (χ1) is 21.6. The fourth-order valence-electron chi connectivity index (χ4n) is 8.33. The smallest absolute Gasteiger partial charge is 0.332 e. The third kappa shape index (κ3) is 7.76. The molecule has 1 saturated carbocycles. The van der Waals surface area contributed by atoms with Crippen LogP contribution in [0.15, 0.2) is 12.1 Å². The molecule has 1 aromatic carbocycles. The number of aliphatic hydroxyl groups is 1. The van der Waals surface area contributed by atoms with Gasteiger partial charge in [-0.15, -0.1) is 0 Å². The number of phenolic OH excluding ortho intramolecular Hbond substituents is 1. The van der Waals surface area contributed by atoms with Gasteiger partial charge >= 0.3 is 11.9 Å². The van der Waals surface area contributed by atoms with Crippen LogP contribution in [-0.2, 0) is 36.7 Å². The molecule has 0 spiro atoms. The van der Waals surface area contributed by atoms with Crippen molar-refractivity contribution in [3.63, 3.8) is 0 Å². The first-order valence-corrected chi connectivity index (χ1v) is 17.2. The summed E-state index contributed by atoms with van der Waals surface area (Å²) < 4.78 is 18.5. The summed E-state index contributed by atoms with van der Waals surface area (Å²) >= 11 is 0. The summed E-state index contributed by atoms with van der Waals surface area (Å²) in [7, 11) is 0. The topological polar surface area (TPSA) is 143 Å². The third-order valence-electron chi connectivity index (χ3n) is 10.7. The van der Waals surface area contributed by atoms with Crippen molar-refractivity contribution in [1.29, 1.82) is 0 Å². The Labute approximate surface area is 267 Å². The number of hydrogen-bond acceptors (Lipinski definition) is 9. The van der Waals surface area contributed by atoms with E-state index in [-0.39, 0.29) is 23.5 Å². The zero-order valence-electron chi connectivity index (χ0n) is 27.0. The highest BCUT2D eigenvalue weighted by atomic mass is 16.6. The molecule has 3 aliphatic heterocycles. The molecule has 5 atom stereocenters. The summed E-state index contributed by atoms with van der Waals surface area (Å²) in [5.41, 5.74) is 0.562. The van der Waals surface area contributed by atoms with Crippen LogP contribution in [0, 0.1) is 11.3 Å². The molecule has 1 aliphatic carbocycles. The zero-order valence-corrected chi connectivity index (χ0v) is 27.0. The van der Waals surface area contributed by atoms with E-state index >= 15 is 0 Å². The maximum Gasteiger partial charge on any atom is 0.332 e. The van der Waals surface area contributed by atoms with Gasteiger partial charge in [0.15, 0.2) is 11.5 Å². The van der Waals surface area contributed by atoms with Crippen molar-refractivity contribution in [3.05, 3.63) is 23.3 Å². The van der Waals surface area contributed by atoms with Crippen molar-refractivity contribution in [1.82, 2.24) is 10.6 Å².